The molecule has 2 rings (SSSR count). The van der Waals surface area contributed by atoms with Gasteiger partial charge in [0.05, 0.1) is 12.7 Å². The van der Waals surface area contributed by atoms with Crippen molar-refractivity contribution < 1.29 is 24.7 Å². The van der Waals surface area contributed by atoms with Crippen molar-refractivity contribution in [3.63, 3.8) is 0 Å². The SMILES string of the molecule is CCC[n+]1ccc2n(c1=O)[C@](C)(O)[C@H](O)[C@@](C)(C(=O)O)N2. The van der Waals surface area contributed by atoms with Crippen LogP contribution in [0.1, 0.15) is 27.2 Å². The molecule has 4 N–H and O–H groups in total. The molecule has 0 unspecified atom stereocenters. The fourth-order valence-electron chi connectivity index (χ4n) is 2.65. The Morgan fingerprint density at radius 1 is 1.52 bits per heavy atom. The van der Waals surface area contributed by atoms with Gasteiger partial charge in [0.2, 0.25) is 11.5 Å². The maximum absolute atomic E-state index is 12.4. The number of rotatable bonds is 3. The first-order valence-electron chi connectivity index (χ1n) is 6.74. The molecule has 0 radical (unpaired) electrons. The number of aromatic nitrogens is 2. The third-order valence-corrected chi connectivity index (χ3v) is 3.90. The molecule has 3 atom stereocenters. The van der Waals surface area contributed by atoms with E-state index in [1.165, 1.54) is 30.7 Å². The Balaban J connectivity index is 2.69. The lowest BCUT2D eigenvalue weighted by Gasteiger charge is -2.42. The Bertz CT molecular complexity index is 639. The van der Waals surface area contributed by atoms with Gasteiger partial charge in [0, 0.05) is 13.0 Å². The number of fused-ring (bicyclic) bond motifs is 1. The van der Waals surface area contributed by atoms with Crippen LogP contribution in [-0.4, -0.2) is 37.5 Å². The highest BCUT2D eigenvalue weighted by molar-refractivity contribution is 5.83. The van der Waals surface area contributed by atoms with Crippen LogP contribution in [0.2, 0.25) is 0 Å². The number of nitrogens with zero attached hydrogens (tertiary/aromatic N) is 2. The van der Waals surface area contributed by atoms with Crippen molar-refractivity contribution in [3.05, 3.63) is 22.7 Å². The molecule has 21 heavy (non-hydrogen) atoms. The Labute approximate surface area is 121 Å². The van der Waals surface area contributed by atoms with Crippen LogP contribution in [-0.2, 0) is 17.1 Å². The smallest absolute Gasteiger partial charge is 0.479 e. The maximum Gasteiger partial charge on any atom is 0.502 e. The quantitative estimate of drug-likeness (QED) is 0.523. The van der Waals surface area contributed by atoms with Crippen LogP contribution >= 0.6 is 0 Å². The average molecular weight is 298 g/mol. The molecule has 8 heteroatoms. The first-order chi connectivity index (χ1) is 9.66. The minimum Gasteiger partial charge on any atom is -0.479 e. The number of anilines is 1. The van der Waals surface area contributed by atoms with E-state index in [9.17, 15) is 24.9 Å². The molecule has 0 aromatic carbocycles. The van der Waals surface area contributed by atoms with Crippen LogP contribution in [0.5, 0.6) is 0 Å². The monoisotopic (exact) mass is 298 g/mol. The van der Waals surface area contributed by atoms with Gasteiger partial charge in [-0.25, -0.2) is 4.79 Å². The lowest BCUT2D eigenvalue weighted by molar-refractivity contribution is -0.716. The third-order valence-electron chi connectivity index (χ3n) is 3.90. The Morgan fingerprint density at radius 2 is 2.14 bits per heavy atom. The van der Waals surface area contributed by atoms with Gasteiger partial charge in [-0.3, -0.25) is 0 Å². The van der Waals surface area contributed by atoms with Crippen LogP contribution in [0.4, 0.5) is 5.82 Å². The third kappa shape index (κ3) is 2.11. The van der Waals surface area contributed by atoms with Crippen LogP contribution in [0.15, 0.2) is 17.1 Å². The van der Waals surface area contributed by atoms with Crippen molar-refractivity contribution in [2.45, 2.75) is 51.1 Å². The van der Waals surface area contributed by atoms with Gasteiger partial charge in [0.15, 0.2) is 11.6 Å². The first-order valence-corrected chi connectivity index (χ1v) is 6.74. The number of carboxylic acid groups (broad SMARTS) is 1. The predicted molar refractivity (Wildman–Crippen MR) is 72.7 cm³/mol. The average Bonchev–Trinajstić information content (AvgIpc) is 2.39. The van der Waals surface area contributed by atoms with Crippen molar-refractivity contribution in [1.29, 1.82) is 0 Å². The first kappa shape index (κ1) is 15.5. The fourth-order valence-corrected chi connectivity index (χ4v) is 2.65. The molecule has 0 amide bonds. The van der Waals surface area contributed by atoms with Gasteiger partial charge in [0.25, 0.3) is 0 Å². The highest BCUT2D eigenvalue weighted by Gasteiger charge is 2.59. The standard InChI is InChI=1S/C13H19N3O5/c1-4-6-15-7-5-8-14-12(2,10(18)19)9(17)13(3,21)16(8)11(15)20/h5,7,9,17,21H,4,6H2,1-3H3,(H,18,19)/p+1/t9-,12+,13-/m1/s1. The summed E-state index contributed by atoms with van der Waals surface area (Å²) in [6.07, 6.45) is 0.551. The summed E-state index contributed by atoms with van der Waals surface area (Å²) in [7, 11) is 0. The molecule has 2 heterocycles. The molecule has 1 aliphatic rings. The molecule has 1 aromatic heterocycles. The summed E-state index contributed by atoms with van der Waals surface area (Å²) in [6.45, 7) is 4.85. The second kappa shape index (κ2) is 4.81. The maximum atomic E-state index is 12.4. The zero-order chi connectivity index (χ0) is 16.0. The number of aliphatic hydroxyl groups is 2. The number of carbonyl (C=O) groups is 1. The highest BCUT2D eigenvalue weighted by atomic mass is 16.4. The van der Waals surface area contributed by atoms with Gasteiger partial charge in [-0.15, -0.1) is 4.57 Å². The van der Waals surface area contributed by atoms with E-state index in [4.69, 9.17) is 0 Å². The normalized spacial score (nSPS) is 31.4. The second-order valence-corrected chi connectivity index (χ2v) is 5.64. The van der Waals surface area contributed by atoms with Crippen LogP contribution < -0.4 is 15.6 Å². The predicted octanol–water partition coefficient (Wildman–Crippen LogP) is -1.16. The zero-order valence-corrected chi connectivity index (χ0v) is 12.2. The molecule has 8 nitrogen and oxygen atoms in total. The van der Waals surface area contributed by atoms with Crippen LogP contribution in [0, 0.1) is 0 Å². The fraction of sp³-hybridized carbons (Fsp3) is 0.615. The van der Waals surface area contributed by atoms with Crippen molar-refractivity contribution >= 4 is 11.8 Å². The Hall–Kier alpha value is -1.93. The van der Waals surface area contributed by atoms with Crippen molar-refractivity contribution in [2.24, 2.45) is 0 Å². The summed E-state index contributed by atoms with van der Waals surface area (Å²) < 4.78 is 2.38. The minimum atomic E-state index is -2.04. The summed E-state index contributed by atoms with van der Waals surface area (Å²) in [5, 5.41) is 32.7. The molecular formula is C13H20N3O5+. The topological polar surface area (TPSA) is 116 Å². The zero-order valence-electron chi connectivity index (χ0n) is 12.2. The summed E-state index contributed by atoms with van der Waals surface area (Å²) >= 11 is 0. The van der Waals surface area contributed by atoms with E-state index in [-0.39, 0.29) is 5.82 Å². The number of aliphatic carboxylic acids is 1. The molecule has 0 aliphatic carbocycles. The van der Waals surface area contributed by atoms with Gasteiger partial charge in [-0.2, -0.15) is 9.36 Å². The number of hydrogen-bond acceptors (Lipinski definition) is 5. The Kier molecular flexibility index (Phi) is 3.54. The molecule has 1 aromatic rings. The van der Waals surface area contributed by atoms with E-state index in [1.54, 1.807) is 0 Å². The molecule has 0 bridgehead atoms. The van der Waals surface area contributed by atoms with Gasteiger partial charge < -0.3 is 20.6 Å². The Morgan fingerprint density at radius 3 is 2.67 bits per heavy atom. The summed E-state index contributed by atoms with van der Waals surface area (Å²) in [6, 6.07) is 1.51. The van der Waals surface area contributed by atoms with Gasteiger partial charge >= 0.3 is 11.7 Å². The van der Waals surface area contributed by atoms with E-state index in [1.807, 2.05) is 6.92 Å². The second-order valence-electron chi connectivity index (χ2n) is 5.64. The number of carboxylic acids is 1. The number of nitrogens with one attached hydrogen (secondary N) is 1. The number of hydrogen-bond donors (Lipinski definition) is 4. The number of aliphatic hydroxyl groups excluding tert-OH is 1. The van der Waals surface area contributed by atoms with E-state index >= 15 is 0 Å². The molecule has 0 spiro atoms. The van der Waals surface area contributed by atoms with Crippen molar-refractivity contribution in [1.82, 2.24) is 4.57 Å². The number of aryl methyl sites for hydroxylation is 1. The van der Waals surface area contributed by atoms with Crippen LogP contribution in [0.25, 0.3) is 0 Å². The van der Waals surface area contributed by atoms with E-state index in [2.05, 4.69) is 5.32 Å². The van der Waals surface area contributed by atoms with Crippen molar-refractivity contribution in [3.8, 4) is 0 Å². The lowest BCUT2D eigenvalue weighted by Crippen LogP contribution is -2.70. The van der Waals surface area contributed by atoms with Crippen molar-refractivity contribution in [2.75, 3.05) is 5.32 Å². The van der Waals surface area contributed by atoms with Gasteiger partial charge in [-0.05, 0) is 13.3 Å². The summed E-state index contributed by atoms with van der Waals surface area (Å²) in [4.78, 5) is 23.8. The molecule has 0 saturated carbocycles. The molecule has 0 fully saturated rings. The van der Waals surface area contributed by atoms with E-state index in [0.717, 1.165) is 11.0 Å². The molecular weight excluding hydrogens is 278 g/mol. The lowest BCUT2D eigenvalue weighted by atomic mass is 9.85. The van der Waals surface area contributed by atoms with Crippen LogP contribution in [0.3, 0.4) is 0 Å². The molecule has 116 valence electrons. The van der Waals surface area contributed by atoms with E-state index < -0.39 is 29.0 Å². The summed E-state index contributed by atoms with van der Waals surface area (Å²) in [5.74, 6) is -1.17. The minimum absolute atomic E-state index is 0.146. The van der Waals surface area contributed by atoms with E-state index in [0.29, 0.717) is 6.54 Å². The summed E-state index contributed by atoms with van der Waals surface area (Å²) in [5.41, 5.74) is -4.35. The van der Waals surface area contributed by atoms with Gasteiger partial charge in [-0.1, -0.05) is 6.92 Å². The largest absolute Gasteiger partial charge is 0.502 e. The molecule has 1 aliphatic heterocycles. The van der Waals surface area contributed by atoms with Gasteiger partial charge in [0.1, 0.15) is 0 Å². The highest BCUT2D eigenvalue weighted by Crippen LogP contribution is 2.34. The molecule has 0 saturated heterocycles.